The van der Waals surface area contributed by atoms with Crippen molar-refractivity contribution in [1.29, 1.82) is 0 Å². The molecular formula is C18H26N2. The topological polar surface area (TPSA) is 52.0 Å². The van der Waals surface area contributed by atoms with E-state index in [1.165, 1.54) is 0 Å². The Balaban J connectivity index is -0.000000211. The maximum atomic E-state index is 5.36. The monoisotopic (exact) mass is 270 g/mol. The Kier molecular flexibility index (Phi) is 24.2. The number of anilines is 2. The average Bonchev–Trinajstić information content (AvgIpc) is 2.55. The molecule has 0 aliphatic carbocycles. The van der Waals surface area contributed by atoms with Gasteiger partial charge in [0.1, 0.15) is 0 Å². The second-order valence-corrected chi connectivity index (χ2v) is 2.82. The summed E-state index contributed by atoms with van der Waals surface area (Å²) in [5.74, 6) is 0. The van der Waals surface area contributed by atoms with Gasteiger partial charge in [-0.3, -0.25) is 0 Å². The maximum absolute atomic E-state index is 5.36. The average molecular weight is 270 g/mol. The van der Waals surface area contributed by atoms with Gasteiger partial charge in [-0.15, -0.1) is 39.5 Å². The van der Waals surface area contributed by atoms with Gasteiger partial charge in [-0.2, -0.15) is 0 Å². The van der Waals surface area contributed by atoms with Crippen molar-refractivity contribution in [3.63, 3.8) is 0 Å². The van der Waals surface area contributed by atoms with E-state index in [9.17, 15) is 0 Å². The molecule has 2 rings (SSSR count). The van der Waals surface area contributed by atoms with Crippen LogP contribution in [0.4, 0.5) is 11.4 Å². The minimum absolute atomic E-state index is 0.822. The predicted octanol–water partition coefficient (Wildman–Crippen LogP) is 4.94. The Morgan fingerprint density at radius 2 is 0.650 bits per heavy atom. The first-order valence-electron chi connectivity index (χ1n) is 5.90. The highest BCUT2D eigenvalue weighted by molar-refractivity contribution is 5.36. The molecule has 4 N–H and O–H groups in total. The molecule has 0 aliphatic heterocycles. The number of benzene rings is 2. The molecule has 0 saturated carbocycles. The summed E-state index contributed by atoms with van der Waals surface area (Å²) >= 11 is 0. The summed E-state index contributed by atoms with van der Waals surface area (Å²) < 4.78 is 0. The minimum Gasteiger partial charge on any atom is -0.399 e. The van der Waals surface area contributed by atoms with E-state index in [-0.39, 0.29) is 0 Å². The quantitative estimate of drug-likeness (QED) is 0.526. The number of rotatable bonds is 0. The molecule has 2 aromatic carbocycles. The van der Waals surface area contributed by atoms with Gasteiger partial charge in [-0.1, -0.05) is 36.4 Å². The van der Waals surface area contributed by atoms with E-state index in [1.807, 2.05) is 60.7 Å². The molecule has 0 saturated heterocycles. The van der Waals surface area contributed by atoms with Crippen molar-refractivity contribution in [2.45, 2.75) is 0 Å². The summed E-state index contributed by atoms with van der Waals surface area (Å²) in [6.07, 6.45) is 0. The van der Waals surface area contributed by atoms with Crippen molar-refractivity contribution in [3.8, 4) is 0 Å². The summed E-state index contributed by atoms with van der Waals surface area (Å²) in [4.78, 5) is 0. The first kappa shape index (κ1) is 22.4. The van der Waals surface area contributed by atoms with Crippen molar-refractivity contribution in [1.82, 2.24) is 0 Å². The van der Waals surface area contributed by atoms with Gasteiger partial charge in [0.25, 0.3) is 0 Å². The van der Waals surface area contributed by atoms with Crippen LogP contribution >= 0.6 is 0 Å². The van der Waals surface area contributed by atoms with Crippen molar-refractivity contribution < 1.29 is 0 Å². The van der Waals surface area contributed by atoms with Crippen LogP contribution < -0.4 is 11.5 Å². The van der Waals surface area contributed by atoms with Gasteiger partial charge in [-0.05, 0) is 24.3 Å². The van der Waals surface area contributed by atoms with E-state index >= 15 is 0 Å². The lowest BCUT2D eigenvalue weighted by atomic mass is 10.3. The zero-order valence-electron chi connectivity index (χ0n) is 12.2. The van der Waals surface area contributed by atoms with Crippen molar-refractivity contribution in [2.24, 2.45) is 0 Å². The third-order valence-electron chi connectivity index (χ3n) is 1.60. The highest BCUT2D eigenvalue weighted by Crippen LogP contribution is 1.96. The van der Waals surface area contributed by atoms with Gasteiger partial charge in [0.2, 0.25) is 0 Å². The molecule has 0 spiro atoms. The minimum atomic E-state index is 0.822. The first-order chi connectivity index (χ1) is 9.79. The standard InChI is InChI=1S/2C6H7N.3C2H4/c2*7-6-4-2-1-3-5-6;3*1-2/h2*1-5H,7H2;3*1-2H2. The number of nitrogens with two attached hydrogens (primary N) is 2. The summed E-state index contributed by atoms with van der Waals surface area (Å²) in [5.41, 5.74) is 12.4. The second-order valence-electron chi connectivity index (χ2n) is 2.82. The molecule has 2 aromatic rings. The first-order valence-corrected chi connectivity index (χ1v) is 5.90. The van der Waals surface area contributed by atoms with E-state index in [1.54, 1.807) is 0 Å². The van der Waals surface area contributed by atoms with Gasteiger partial charge in [0.05, 0.1) is 0 Å². The SMILES string of the molecule is C=C.C=C.C=C.Nc1ccccc1.Nc1ccccc1. The van der Waals surface area contributed by atoms with E-state index < -0.39 is 0 Å². The largest absolute Gasteiger partial charge is 0.399 e. The normalized spacial score (nSPS) is 6.60. The fourth-order valence-corrected chi connectivity index (χ4v) is 0.906. The van der Waals surface area contributed by atoms with Crippen LogP contribution in [0.1, 0.15) is 0 Å². The van der Waals surface area contributed by atoms with Crippen LogP contribution in [0.25, 0.3) is 0 Å². The molecular weight excluding hydrogens is 244 g/mol. The van der Waals surface area contributed by atoms with E-state index in [0.29, 0.717) is 0 Å². The molecule has 0 atom stereocenters. The lowest BCUT2D eigenvalue weighted by molar-refractivity contribution is 1.69. The molecule has 20 heavy (non-hydrogen) atoms. The fourth-order valence-electron chi connectivity index (χ4n) is 0.906. The maximum Gasteiger partial charge on any atom is 0.0313 e. The Morgan fingerprint density at radius 3 is 0.750 bits per heavy atom. The molecule has 0 heterocycles. The molecule has 0 aliphatic rings. The van der Waals surface area contributed by atoms with Crippen LogP contribution in [-0.4, -0.2) is 0 Å². The molecule has 0 bridgehead atoms. The second kappa shape index (κ2) is 21.5. The zero-order chi connectivity index (χ0) is 16.2. The molecule has 0 unspecified atom stereocenters. The fraction of sp³-hybridized carbons (Fsp3) is 0. The Bertz CT molecular complexity index is 342. The predicted molar refractivity (Wildman–Crippen MR) is 95.5 cm³/mol. The van der Waals surface area contributed by atoms with Gasteiger partial charge >= 0.3 is 0 Å². The Morgan fingerprint density at radius 1 is 0.450 bits per heavy atom. The molecule has 0 radical (unpaired) electrons. The lowest BCUT2D eigenvalue weighted by Gasteiger charge is -1.83. The van der Waals surface area contributed by atoms with Crippen LogP contribution in [0.5, 0.6) is 0 Å². The highest BCUT2D eigenvalue weighted by atomic mass is 14.5. The third-order valence-corrected chi connectivity index (χ3v) is 1.60. The van der Waals surface area contributed by atoms with Gasteiger partial charge in [-0.25, -0.2) is 0 Å². The number of hydrogen-bond donors (Lipinski definition) is 2. The smallest absolute Gasteiger partial charge is 0.0313 e. The van der Waals surface area contributed by atoms with Gasteiger partial charge in [0.15, 0.2) is 0 Å². The molecule has 0 aromatic heterocycles. The Labute approximate surface area is 123 Å². The highest BCUT2D eigenvalue weighted by Gasteiger charge is 1.72. The van der Waals surface area contributed by atoms with Crippen LogP contribution in [0, 0.1) is 0 Å². The van der Waals surface area contributed by atoms with Crippen molar-refractivity contribution in [2.75, 3.05) is 11.5 Å². The summed E-state index contributed by atoms with van der Waals surface area (Å²) in [6.45, 7) is 18.0. The van der Waals surface area contributed by atoms with E-state index in [2.05, 4.69) is 39.5 Å². The molecule has 2 heteroatoms. The lowest BCUT2D eigenvalue weighted by Crippen LogP contribution is -1.79. The van der Waals surface area contributed by atoms with E-state index in [0.717, 1.165) is 11.4 Å². The zero-order valence-corrected chi connectivity index (χ0v) is 12.2. The van der Waals surface area contributed by atoms with Crippen LogP contribution in [0.3, 0.4) is 0 Å². The van der Waals surface area contributed by atoms with Gasteiger partial charge in [0, 0.05) is 11.4 Å². The number of para-hydroxylation sites is 2. The summed E-state index contributed by atoms with van der Waals surface area (Å²) in [5, 5.41) is 0. The number of hydrogen-bond acceptors (Lipinski definition) is 2. The van der Waals surface area contributed by atoms with Crippen LogP contribution in [0.2, 0.25) is 0 Å². The molecule has 0 amide bonds. The van der Waals surface area contributed by atoms with Gasteiger partial charge < -0.3 is 11.5 Å². The van der Waals surface area contributed by atoms with Crippen molar-refractivity contribution in [3.05, 3.63) is 100 Å². The summed E-state index contributed by atoms with van der Waals surface area (Å²) in [7, 11) is 0. The Hall–Kier alpha value is -2.74. The molecule has 2 nitrogen and oxygen atoms in total. The van der Waals surface area contributed by atoms with Crippen LogP contribution in [0.15, 0.2) is 100 Å². The molecule has 108 valence electrons. The molecule has 0 fully saturated rings. The number of nitrogen functional groups attached to an aromatic ring is 2. The van der Waals surface area contributed by atoms with E-state index in [4.69, 9.17) is 11.5 Å². The summed E-state index contributed by atoms with van der Waals surface area (Å²) in [6, 6.07) is 19.0. The third kappa shape index (κ3) is 17.6. The van der Waals surface area contributed by atoms with Crippen LogP contribution in [-0.2, 0) is 0 Å². The van der Waals surface area contributed by atoms with Crippen molar-refractivity contribution >= 4 is 11.4 Å².